The molecule has 0 spiro atoms. The van der Waals surface area contributed by atoms with Crippen molar-refractivity contribution in [3.05, 3.63) is 46.1 Å². The average Bonchev–Trinajstić information content (AvgIpc) is 2.45. The molecular weight excluding hydrogens is 288 g/mol. The molecule has 1 heterocycles. The summed E-state index contributed by atoms with van der Waals surface area (Å²) in [5.41, 5.74) is -0.0288. The molecule has 2 aromatic carbocycles. The molecule has 112 valence electrons. The highest BCUT2D eigenvalue weighted by Crippen LogP contribution is 2.38. The van der Waals surface area contributed by atoms with Gasteiger partial charge in [-0.05, 0) is 19.1 Å². The molecule has 0 saturated heterocycles. The lowest BCUT2D eigenvalue weighted by Crippen LogP contribution is -2.03. The predicted octanol–water partition coefficient (Wildman–Crippen LogP) is 2.59. The number of phenols is 3. The van der Waals surface area contributed by atoms with E-state index in [9.17, 15) is 25.2 Å². The first-order valence-electron chi connectivity index (χ1n) is 6.40. The first kappa shape index (κ1) is 13.8. The minimum absolute atomic E-state index is 0.101. The number of rotatable bonds is 1. The molecule has 1 aromatic heterocycles. The first-order valence-corrected chi connectivity index (χ1v) is 6.40. The number of hydrogen-bond donors (Lipinski definition) is 4. The van der Waals surface area contributed by atoms with Gasteiger partial charge in [0, 0.05) is 12.1 Å². The van der Waals surface area contributed by atoms with E-state index in [1.165, 1.54) is 6.07 Å². The lowest BCUT2D eigenvalue weighted by atomic mass is 10.1. The van der Waals surface area contributed by atoms with E-state index in [1.807, 2.05) is 0 Å². The van der Waals surface area contributed by atoms with Crippen molar-refractivity contribution in [2.45, 2.75) is 6.92 Å². The second-order valence-corrected chi connectivity index (χ2v) is 4.97. The Labute approximate surface area is 124 Å². The fraction of sp³-hybridized carbons (Fsp3) is 0.0625. The molecule has 0 amide bonds. The Morgan fingerprint density at radius 3 is 2.41 bits per heavy atom. The van der Waals surface area contributed by atoms with E-state index in [2.05, 4.69) is 0 Å². The van der Waals surface area contributed by atoms with E-state index in [1.54, 1.807) is 19.1 Å². The highest BCUT2D eigenvalue weighted by Gasteiger charge is 2.20. The fourth-order valence-corrected chi connectivity index (χ4v) is 2.29. The summed E-state index contributed by atoms with van der Waals surface area (Å²) in [4.78, 5) is 12.2. The Morgan fingerprint density at radius 2 is 1.68 bits per heavy atom. The number of phenolic OH excluding ortho intramolecular Hbond substituents is 3. The van der Waals surface area contributed by atoms with Crippen LogP contribution in [-0.2, 0) is 0 Å². The lowest BCUT2D eigenvalue weighted by molar-refractivity contribution is 0.435. The summed E-state index contributed by atoms with van der Waals surface area (Å²) in [6.45, 7) is 1.77. The largest absolute Gasteiger partial charge is 0.508 e. The minimum Gasteiger partial charge on any atom is -0.508 e. The SMILES string of the molecule is Cc1ccc(O)c(-c2oc3cc(O)cc(O)c3c(=O)c2O)c1. The molecule has 6 heteroatoms. The average molecular weight is 300 g/mol. The summed E-state index contributed by atoms with van der Waals surface area (Å²) >= 11 is 0. The van der Waals surface area contributed by atoms with Gasteiger partial charge in [-0.25, -0.2) is 0 Å². The van der Waals surface area contributed by atoms with Crippen LogP contribution in [0, 0.1) is 6.92 Å². The molecule has 0 bridgehead atoms. The molecule has 0 atom stereocenters. The van der Waals surface area contributed by atoms with Gasteiger partial charge in [-0.3, -0.25) is 4.79 Å². The number of aromatic hydroxyl groups is 4. The monoisotopic (exact) mass is 300 g/mol. The van der Waals surface area contributed by atoms with Crippen LogP contribution in [0.5, 0.6) is 23.0 Å². The molecule has 0 radical (unpaired) electrons. The standard InChI is InChI=1S/C16H12O6/c1-7-2-3-10(18)9(4-7)16-15(21)14(20)13-11(19)5-8(17)6-12(13)22-16/h2-6,17-19,21H,1H3. The summed E-state index contributed by atoms with van der Waals surface area (Å²) in [6, 6.07) is 6.73. The van der Waals surface area contributed by atoms with E-state index >= 15 is 0 Å². The van der Waals surface area contributed by atoms with Crippen molar-refractivity contribution in [2.75, 3.05) is 0 Å². The van der Waals surface area contributed by atoms with Gasteiger partial charge in [0.05, 0.1) is 5.56 Å². The first-order chi connectivity index (χ1) is 10.4. The Bertz CT molecular complexity index is 955. The molecular formula is C16H12O6. The number of fused-ring (bicyclic) bond motifs is 1. The molecule has 0 unspecified atom stereocenters. The molecule has 0 aliphatic heterocycles. The van der Waals surface area contributed by atoms with E-state index in [0.29, 0.717) is 0 Å². The molecule has 0 fully saturated rings. The lowest BCUT2D eigenvalue weighted by Gasteiger charge is -2.09. The van der Waals surface area contributed by atoms with Crippen LogP contribution in [-0.4, -0.2) is 20.4 Å². The van der Waals surface area contributed by atoms with Crippen LogP contribution in [0.25, 0.3) is 22.3 Å². The Morgan fingerprint density at radius 1 is 0.955 bits per heavy atom. The maximum atomic E-state index is 12.2. The van der Waals surface area contributed by atoms with Gasteiger partial charge in [0.2, 0.25) is 11.2 Å². The summed E-state index contributed by atoms with van der Waals surface area (Å²) in [7, 11) is 0. The van der Waals surface area contributed by atoms with Crippen molar-refractivity contribution in [1.82, 2.24) is 0 Å². The summed E-state index contributed by atoms with van der Waals surface area (Å²) in [5, 5.41) is 39.0. The number of hydrogen-bond acceptors (Lipinski definition) is 6. The molecule has 22 heavy (non-hydrogen) atoms. The molecule has 3 rings (SSSR count). The smallest absolute Gasteiger partial charge is 0.238 e. The second kappa shape index (κ2) is 4.70. The van der Waals surface area contributed by atoms with Gasteiger partial charge in [-0.2, -0.15) is 0 Å². The quantitative estimate of drug-likeness (QED) is 0.549. The Hall–Kier alpha value is -3.15. The van der Waals surface area contributed by atoms with Gasteiger partial charge in [-0.15, -0.1) is 0 Å². The highest BCUT2D eigenvalue weighted by molar-refractivity contribution is 5.88. The summed E-state index contributed by atoms with van der Waals surface area (Å²) in [5.74, 6) is -1.93. The highest BCUT2D eigenvalue weighted by atomic mass is 16.4. The van der Waals surface area contributed by atoms with Crippen molar-refractivity contribution >= 4 is 11.0 Å². The van der Waals surface area contributed by atoms with Crippen LogP contribution >= 0.6 is 0 Å². The third kappa shape index (κ3) is 2.01. The third-order valence-electron chi connectivity index (χ3n) is 3.33. The number of benzene rings is 2. The van der Waals surface area contributed by atoms with E-state index in [0.717, 1.165) is 17.7 Å². The normalized spacial score (nSPS) is 11.0. The van der Waals surface area contributed by atoms with Gasteiger partial charge in [0.15, 0.2) is 5.76 Å². The van der Waals surface area contributed by atoms with E-state index < -0.39 is 16.9 Å². The van der Waals surface area contributed by atoms with Crippen molar-refractivity contribution in [1.29, 1.82) is 0 Å². The van der Waals surface area contributed by atoms with Gasteiger partial charge in [0.25, 0.3) is 0 Å². The third-order valence-corrected chi connectivity index (χ3v) is 3.33. The molecule has 4 N–H and O–H groups in total. The van der Waals surface area contributed by atoms with Gasteiger partial charge >= 0.3 is 0 Å². The van der Waals surface area contributed by atoms with Crippen LogP contribution in [0.4, 0.5) is 0 Å². The molecule has 6 nitrogen and oxygen atoms in total. The molecule has 3 aromatic rings. The van der Waals surface area contributed by atoms with Gasteiger partial charge in [0.1, 0.15) is 28.2 Å². The van der Waals surface area contributed by atoms with Crippen LogP contribution in [0.3, 0.4) is 0 Å². The van der Waals surface area contributed by atoms with E-state index in [4.69, 9.17) is 4.42 Å². The van der Waals surface area contributed by atoms with Crippen LogP contribution in [0.15, 0.2) is 39.5 Å². The van der Waals surface area contributed by atoms with Crippen molar-refractivity contribution in [3.63, 3.8) is 0 Å². The maximum Gasteiger partial charge on any atom is 0.238 e. The molecule has 0 aliphatic rings. The predicted molar refractivity (Wildman–Crippen MR) is 79.3 cm³/mol. The maximum absolute atomic E-state index is 12.2. The summed E-state index contributed by atoms with van der Waals surface area (Å²) in [6.07, 6.45) is 0. The van der Waals surface area contributed by atoms with E-state index in [-0.39, 0.29) is 33.8 Å². The topological polar surface area (TPSA) is 111 Å². The fourth-order valence-electron chi connectivity index (χ4n) is 2.29. The van der Waals surface area contributed by atoms with Gasteiger partial charge < -0.3 is 24.8 Å². The Kier molecular flexibility index (Phi) is 2.95. The molecule has 0 aliphatic carbocycles. The Balaban J connectivity index is 2.44. The zero-order valence-electron chi connectivity index (χ0n) is 11.5. The van der Waals surface area contributed by atoms with Gasteiger partial charge in [-0.1, -0.05) is 11.6 Å². The molecule has 0 saturated carbocycles. The van der Waals surface area contributed by atoms with Crippen molar-refractivity contribution in [2.24, 2.45) is 0 Å². The van der Waals surface area contributed by atoms with Crippen molar-refractivity contribution < 1.29 is 24.8 Å². The second-order valence-electron chi connectivity index (χ2n) is 4.97. The van der Waals surface area contributed by atoms with Crippen LogP contribution in [0.1, 0.15) is 5.56 Å². The zero-order chi connectivity index (χ0) is 16.0. The zero-order valence-corrected chi connectivity index (χ0v) is 11.5. The number of aryl methyl sites for hydroxylation is 1. The minimum atomic E-state index is -0.852. The summed E-state index contributed by atoms with van der Waals surface area (Å²) < 4.78 is 5.43. The van der Waals surface area contributed by atoms with Crippen LogP contribution < -0.4 is 5.43 Å². The van der Waals surface area contributed by atoms with Crippen molar-refractivity contribution in [3.8, 4) is 34.3 Å². The van der Waals surface area contributed by atoms with Crippen LogP contribution in [0.2, 0.25) is 0 Å².